The first-order chi connectivity index (χ1) is 9.10. The van der Waals surface area contributed by atoms with Gasteiger partial charge in [0.2, 0.25) is 5.95 Å². The Labute approximate surface area is 121 Å². The summed E-state index contributed by atoms with van der Waals surface area (Å²) in [5, 5.41) is 3.35. The van der Waals surface area contributed by atoms with Crippen molar-refractivity contribution in [1.29, 1.82) is 0 Å². The number of nitrogens with zero attached hydrogens (tertiary/aromatic N) is 2. The van der Waals surface area contributed by atoms with Crippen LogP contribution < -0.4 is 5.32 Å². The molecule has 0 aliphatic carbocycles. The number of benzene rings is 1. The number of nitrogens with one attached hydrogen (secondary N) is 1. The number of hydrogen-bond donors (Lipinski definition) is 1. The maximum Gasteiger partial charge on any atom is 0.207 e. The lowest BCUT2D eigenvalue weighted by molar-refractivity contribution is 0.188. The predicted molar refractivity (Wildman–Crippen MR) is 81.0 cm³/mol. The third kappa shape index (κ3) is 3.58. The summed E-state index contributed by atoms with van der Waals surface area (Å²) in [5.74, 6) is 0.833. The van der Waals surface area contributed by atoms with Gasteiger partial charge in [-0.25, -0.2) is 4.98 Å². The highest BCUT2D eigenvalue weighted by Gasteiger charge is 2.07. The summed E-state index contributed by atoms with van der Waals surface area (Å²) in [6.07, 6.45) is 2.02. The van der Waals surface area contributed by atoms with Crippen molar-refractivity contribution < 1.29 is 4.74 Å². The van der Waals surface area contributed by atoms with E-state index < -0.39 is 0 Å². The lowest BCUT2D eigenvalue weighted by atomic mass is 10.2. The van der Waals surface area contributed by atoms with Crippen LogP contribution in [0.4, 0.5) is 11.6 Å². The number of anilines is 2. The van der Waals surface area contributed by atoms with Crippen molar-refractivity contribution in [2.75, 3.05) is 19.0 Å². The average Bonchev–Trinajstić information content (AvgIpc) is 2.70. The SMILES string of the molecule is COCCn1cc(C)nc1Nc1ccc(C)cc1Br. The Kier molecular flexibility index (Phi) is 4.61. The summed E-state index contributed by atoms with van der Waals surface area (Å²) in [6, 6.07) is 6.20. The normalized spacial score (nSPS) is 10.7. The first-order valence-corrected chi connectivity index (χ1v) is 6.95. The van der Waals surface area contributed by atoms with Crippen LogP contribution in [0.3, 0.4) is 0 Å². The van der Waals surface area contributed by atoms with Crippen molar-refractivity contribution in [3.05, 3.63) is 40.1 Å². The quantitative estimate of drug-likeness (QED) is 0.912. The first-order valence-electron chi connectivity index (χ1n) is 6.16. The number of ether oxygens (including phenoxy) is 1. The number of methoxy groups -OCH3 is 1. The van der Waals surface area contributed by atoms with Crippen LogP contribution >= 0.6 is 15.9 Å². The molecule has 1 heterocycles. The number of halogens is 1. The summed E-state index contributed by atoms with van der Waals surface area (Å²) in [4.78, 5) is 4.50. The number of hydrogen-bond acceptors (Lipinski definition) is 3. The highest BCUT2D eigenvalue weighted by Crippen LogP contribution is 2.26. The second kappa shape index (κ2) is 6.21. The van der Waals surface area contributed by atoms with Crippen LogP contribution in [-0.4, -0.2) is 23.3 Å². The number of imidazole rings is 1. The zero-order valence-electron chi connectivity index (χ0n) is 11.4. The Balaban J connectivity index is 2.22. The van der Waals surface area contributed by atoms with Crippen molar-refractivity contribution >= 4 is 27.6 Å². The van der Waals surface area contributed by atoms with Crippen molar-refractivity contribution in [3.8, 4) is 0 Å². The molecule has 0 saturated carbocycles. The Morgan fingerprint density at radius 1 is 1.37 bits per heavy atom. The van der Waals surface area contributed by atoms with Crippen LogP contribution in [-0.2, 0) is 11.3 Å². The van der Waals surface area contributed by atoms with E-state index in [1.807, 2.05) is 19.2 Å². The summed E-state index contributed by atoms with van der Waals surface area (Å²) in [5.41, 5.74) is 3.22. The van der Waals surface area contributed by atoms with Gasteiger partial charge in [-0.05, 0) is 47.5 Å². The van der Waals surface area contributed by atoms with Crippen molar-refractivity contribution in [2.45, 2.75) is 20.4 Å². The number of aromatic nitrogens is 2. The van der Waals surface area contributed by atoms with Crippen LogP contribution in [0.2, 0.25) is 0 Å². The van der Waals surface area contributed by atoms with Gasteiger partial charge in [-0.2, -0.15) is 0 Å². The van der Waals surface area contributed by atoms with Gasteiger partial charge in [0.05, 0.1) is 18.0 Å². The van der Waals surface area contributed by atoms with Crippen LogP contribution in [0.15, 0.2) is 28.9 Å². The lowest BCUT2D eigenvalue weighted by Gasteiger charge is -2.11. The molecule has 2 rings (SSSR count). The zero-order valence-corrected chi connectivity index (χ0v) is 13.0. The predicted octanol–water partition coefficient (Wildman–Crippen LogP) is 3.65. The van der Waals surface area contributed by atoms with Gasteiger partial charge in [0.25, 0.3) is 0 Å². The van der Waals surface area contributed by atoms with E-state index in [2.05, 4.69) is 49.9 Å². The first kappa shape index (κ1) is 14.1. The average molecular weight is 324 g/mol. The molecule has 1 aromatic carbocycles. The van der Waals surface area contributed by atoms with E-state index in [1.165, 1.54) is 5.56 Å². The molecule has 1 N–H and O–H groups in total. The van der Waals surface area contributed by atoms with Gasteiger partial charge in [0.1, 0.15) is 0 Å². The topological polar surface area (TPSA) is 39.1 Å². The molecule has 0 bridgehead atoms. The molecule has 0 fully saturated rings. The van der Waals surface area contributed by atoms with Gasteiger partial charge in [-0.1, -0.05) is 6.07 Å². The number of aryl methyl sites for hydroxylation is 2. The second-order valence-electron chi connectivity index (χ2n) is 4.50. The maximum atomic E-state index is 5.11. The van der Waals surface area contributed by atoms with Gasteiger partial charge in [0.15, 0.2) is 0 Å². The molecule has 0 radical (unpaired) electrons. The standard InChI is InChI=1S/C14H18BrN3O/c1-10-4-5-13(12(15)8-10)17-14-16-11(2)9-18(14)6-7-19-3/h4-5,8-9H,6-7H2,1-3H3,(H,16,17). The van der Waals surface area contributed by atoms with Gasteiger partial charge in [0, 0.05) is 24.3 Å². The van der Waals surface area contributed by atoms with Gasteiger partial charge < -0.3 is 14.6 Å². The number of rotatable bonds is 5. The van der Waals surface area contributed by atoms with E-state index in [9.17, 15) is 0 Å². The van der Waals surface area contributed by atoms with Crippen molar-refractivity contribution in [3.63, 3.8) is 0 Å². The Morgan fingerprint density at radius 3 is 2.84 bits per heavy atom. The molecule has 0 saturated heterocycles. The Morgan fingerprint density at radius 2 is 2.16 bits per heavy atom. The third-order valence-corrected chi connectivity index (χ3v) is 3.46. The molecular formula is C14H18BrN3O. The molecule has 4 nitrogen and oxygen atoms in total. The van der Waals surface area contributed by atoms with E-state index in [-0.39, 0.29) is 0 Å². The highest BCUT2D eigenvalue weighted by molar-refractivity contribution is 9.10. The summed E-state index contributed by atoms with van der Waals surface area (Å²) < 4.78 is 8.21. The van der Waals surface area contributed by atoms with E-state index in [1.54, 1.807) is 7.11 Å². The van der Waals surface area contributed by atoms with E-state index >= 15 is 0 Å². The molecule has 2 aromatic rings. The van der Waals surface area contributed by atoms with Crippen LogP contribution in [0.1, 0.15) is 11.3 Å². The lowest BCUT2D eigenvalue weighted by Crippen LogP contribution is -2.07. The Hall–Kier alpha value is -1.33. The summed E-state index contributed by atoms with van der Waals surface area (Å²) >= 11 is 3.56. The molecule has 19 heavy (non-hydrogen) atoms. The molecule has 0 amide bonds. The van der Waals surface area contributed by atoms with Gasteiger partial charge in [-0.3, -0.25) is 0 Å². The van der Waals surface area contributed by atoms with Gasteiger partial charge in [-0.15, -0.1) is 0 Å². The molecule has 0 unspecified atom stereocenters. The molecule has 1 aromatic heterocycles. The monoisotopic (exact) mass is 323 g/mol. The summed E-state index contributed by atoms with van der Waals surface area (Å²) in [6.45, 7) is 5.50. The van der Waals surface area contributed by atoms with Crippen LogP contribution in [0, 0.1) is 13.8 Å². The van der Waals surface area contributed by atoms with Crippen molar-refractivity contribution in [2.24, 2.45) is 0 Å². The van der Waals surface area contributed by atoms with Gasteiger partial charge >= 0.3 is 0 Å². The van der Waals surface area contributed by atoms with E-state index in [4.69, 9.17) is 4.74 Å². The van der Waals surface area contributed by atoms with Crippen LogP contribution in [0.5, 0.6) is 0 Å². The molecule has 5 heteroatoms. The summed E-state index contributed by atoms with van der Waals surface area (Å²) in [7, 11) is 1.70. The van der Waals surface area contributed by atoms with Crippen LogP contribution in [0.25, 0.3) is 0 Å². The second-order valence-corrected chi connectivity index (χ2v) is 5.35. The fraction of sp³-hybridized carbons (Fsp3) is 0.357. The molecular weight excluding hydrogens is 306 g/mol. The molecule has 0 aliphatic heterocycles. The van der Waals surface area contributed by atoms with Crippen molar-refractivity contribution in [1.82, 2.24) is 9.55 Å². The zero-order chi connectivity index (χ0) is 13.8. The smallest absolute Gasteiger partial charge is 0.207 e. The third-order valence-electron chi connectivity index (χ3n) is 2.80. The minimum Gasteiger partial charge on any atom is -0.383 e. The Bertz CT molecular complexity index is 566. The van der Waals surface area contributed by atoms with E-state index in [0.717, 1.165) is 28.3 Å². The molecule has 0 atom stereocenters. The van der Waals surface area contributed by atoms with E-state index in [0.29, 0.717) is 6.61 Å². The fourth-order valence-electron chi connectivity index (χ4n) is 1.85. The molecule has 0 aliphatic rings. The fourth-order valence-corrected chi connectivity index (χ4v) is 2.44. The molecule has 0 spiro atoms. The minimum absolute atomic E-state index is 0.666. The highest BCUT2D eigenvalue weighted by atomic mass is 79.9. The minimum atomic E-state index is 0.666. The maximum absolute atomic E-state index is 5.11. The largest absolute Gasteiger partial charge is 0.383 e. The molecule has 102 valence electrons.